The van der Waals surface area contributed by atoms with Crippen LogP contribution in [-0.2, 0) is 6.42 Å². The van der Waals surface area contributed by atoms with Crippen molar-refractivity contribution in [3.05, 3.63) is 150 Å². The van der Waals surface area contributed by atoms with Gasteiger partial charge in [-0.15, -0.1) is 0 Å². The Labute approximate surface area is 297 Å². The first kappa shape index (κ1) is 36.1. The molecule has 0 unspecified atom stereocenters. The molecule has 1 aromatic carbocycles. The second-order valence-corrected chi connectivity index (χ2v) is 13.9. The van der Waals surface area contributed by atoms with Gasteiger partial charge < -0.3 is 4.40 Å². The van der Waals surface area contributed by atoms with Crippen molar-refractivity contribution in [3.63, 3.8) is 0 Å². The molecule has 1 aliphatic rings. The zero-order chi connectivity index (χ0) is 35.6. The Morgan fingerprint density at radius 3 is 1.92 bits per heavy atom. The first-order chi connectivity index (χ1) is 24.2. The highest BCUT2D eigenvalue weighted by Gasteiger charge is 2.12. The van der Waals surface area contributed by atoms with Gasteiger partial charge in [0.1, 0.15) is 0 Å². The van der Waals surface area contributed by atoms with Crippen molar-refractivity contribution in [2.75, 3.05) is 0 Å². The maximum absolute atomic E-state index is 4.26. The van der Waals surface area contributed by atoms with Crippen LogP contribution in [0, 0.1) is 0 Å². The van der Waals surface area contributed by atoms with Crippen LogP contribution in [0.25, 0.3) is 33.3 Å². The summed E-state index contributed by atoms with van der Waals surface area (Å²) in [6, 6.07) is 16.6. The van der Waals surface area contributed by atoms with Crippen molar-refractivity contribution in [3.8, 4) is 0 Å². The highest BCUT2D eigenvalue weighted by molar-refractivity contribution is 5.85. The SMILES string of the molecule is CC(C)c1cncc2c1CC=C2.CC(C)c1cncc2ccccc12.CC(C)c1cncc2ncccc12.CC(C)c1cncn2cccc12. The molecule has 256 valence electrons. The average molecular weight is 663 g/mol. The number of fused-ring (bicyclic) bond motifs is 4. The Morgan fingerprint density at radius 1 is 0.560 bits per heavy atom. The Hall–Kier alpha value is -5.23. The lowest BCUT2D eigenvalue weighted by molar-refractivity contribution is 0.842. The molecule has 0 spiro atoms. The highest BCUT2D eigenvalue weighted by atomic mass is 14.9. The molecule has 6 aromatic heterocycles. The third-order valence-corrected chi connectivity index (χ3v) is 8.97. The minimum Gasteiger partial charge on any atom is -0.308 e. The maximum Gasteiger partial charge on any atom is 0.0990 e. The number of allylic oxidation sites excluding steroid dienone is 1. The van der Waals surface area contributed by atoms with E-state index in [1.807, 2.05) is 67.9 Å². The minimum atomic E-state index is 0.500. The van der Waals surface area contributed by atoms with Crippen LogP contribution in [0.5, 0.6) is 0 Å². The van der Waals surface area contributed by atoms with Gasteiger partial charge in [0, 0.05) is 60.3 Å². The summed E-state index contributed by atoms with van der Waals surface area (Å²) in [4.78, 5) is 21.1. The number of benzene rings is 1. The summed E-state index contributed by atoms with van der Waals surface area (Å²) in [6.07, 6.45) is 24.6. The van der Waals surface area contributed by atoms with Crippen LogP contribution in [0.1, 0.15) is 112 Å². The molecular weight excluding hydrogens is 613 g/mol. The van der Waals surface area contributed by atoms with Gasteiger partial charge in [-0.05, 0) is 87.1 Å². The van der Waals surface area contributed by atoms with Crippen molar-refractivity contribution >= 4 is 33.3 Å². The van der Waals surface area contributed by atoms with Gasteiger partial charge in [0.2, 0.25) is 0 Å². The highest BCUT2D eigenvalue weighted by Crippen LogP contribution is 2.27. The smallest absolute Gasteiger partial charge is 0.0990 e. The van der Waals surface area contributed by atoms with Crippen molar-refractivity contribution < 1.29 is 0 Å². The summed E-state index contributed by atoms with van der Waals surface area (Å²) in [5.41, 5.74) is 10.3. The lowest BCUT2D eigenvalue weighted by Crippen LogP contribution is -1.96. The van der Waals surface area contributed by atoms with Crippen LogP contribution in [0.2, 0.25) is 0 Å². The number of hydrogen-bond acceptors (Lipinski definition) is 5. The molecule has 0 bridgehead atoms. The molecule has 50 heavy (non-hydrogen) atoms. The fourth-order valence-electron chi connectivity index (χ4n) is 6.22. The zero-order valence-corrected chi connectivity index (χ0v) is 30.7. The van der Waals surface area contributed by atoms with E-state index in [1.165, 1.54) is 55.1 Å². The Kier molecular flexibility index (Phi) is 12.2. The number of nitrogens with zero attached hydrogens (tertiary/aromatic N) is 6. The van der Waals surface area contributed by atoms with Crippen LogP contribution < -0.4 is 0 Å². The molecule has 1 aliphatic carbocycles. The van der Waals surface area contributed by atoms with Gasteiger partial charge in [-0.3, -0.25) is 19.9 Å². The third-order valence-electron chi connectivity index (χ3n) is 8.97. The molecule has 0 saturated heterocycles. The second kappa shape index (κ2) is 16.9. The lowest BCUT2D eigenvalue weighted by Gasteiger charge is -2.10. The van der Waals surface area contributed by atoms with Gasteiger partial charge in [0.15, 0.2) is 0 Å². The van der Waals surface area contributed by atoms with Gasteiger partial charge >= 0.3 is 0 Å². The number of rotatable bonds is 4. The summed E-state index contributed by atoms with van der Waals surface area (Å²) in [5.74, 6) is 2.17. The standard InChI is InChI=1S/C12H13N.C11H12N2.C11H13N.C10H12N2/c1-9(2)12-8-13-7-10-5-3-4-6-11(10)12;1-8(2)10-6-12-7-11-9(10)4-3-5-13-11;1-8(2)11-7-12-6-9-4-3-5-10(9)11;1-8(2)9-6-11-7-12-5-3-4-10(9)12/h3-9H,1-2H3;3-8H,1-2H3;3-4,6-8H,5H2,1-2H3;3-8H,1-2H3. The number of pyridine rings is 4. The van der Waals surface area contributed by atoms with Crippen molar-refractivity contribution in [1.82, 2.24) is 29.3 Å². The maximum atomic E-state index is 4.26. The average Bonchev–Trinajstić information content (AvgIpc) is 3.82. The quantitative estimate of drug-likeness (QED) is 0.188. The van der Waals surface area contributed by atoms with E-state index in [0.717, 1.165) is 11.9 Å². The van der Waals surface area contributed by atoms with E-state index in [-0.39, 0.29) is 0 Å². The molecule has 0 atom stereocenters. The number of aromatic nitrogens is 6. The van der Waals surface area contributed by atoms with E-state index in [0.29, 0.717) is 23.7 Å². The molecule has 7 aromatic rings. The van der Waals surface area contributed by atoms with E-state index in [1.54, 1.807) is 12.4 Å². The van der Waals surface area contributed by atoms with Crippen LogP contribution in [0.15, 0.2) is 117 Å². The molecule has 6 nitrogen and oxygen atoms in total. The molecule has 8 rings (SSSR count). The van der Waals surface area contributed by atoms with Crippen molar-refractivity contribution in [2.24, 2.45) is 0 Å². The van der Waals surface area contributed by atoms with E-state index >= 15 is 0 Å². The van der Waals surface area contributed by atoms with Gasteiger partial charge in [-0.25, -0.2) is 4.98 Å². The fraction of sp³-hybridized carbons (Fsp3) is 0.295. The van der Waals surface area contributed by atoms with Crippen LogP contribution in [-0.4, -0.2) is 29.3 Å². The summed E-state index contributed by atoms with van der Waals surface area (Å²) in [5, 5.41) is 3.77. The summed E-state index contributed by atoms with van der Waals surface area (Å²) in [6.45, 7) is 17.5. The monoisotopic (exact) mass is 662 g/mol. The first-order valence-electron chi connectivity index (χ1n) is 17.7. The van der Waals surface area contributed by atoms with Gasteiger partial charge in [0.05, 0.1) is 23.6 Å². The summed E-state index contributed by atoms with van der Waals surface area (Å²) < 4.78 is 2.05. The van der Waals surface area contributed by atoms with E-state index in [4.69, 9.17) is 0 Å². The predicted molar refractivity (Wildman–Crippen MR) is 210 cm³/mol. The Bertz CT molecular complexity index is 2080. The van der Waals surface area contributed by atoms with Crippen LogP contribution in [0.3, 0.4) is 0 Å². The molecule has 6 heteroatoms. The Morgan fingerprint density at radius 2 is 1.18 bits per heavy atom. The lowest BCUT2D eigenvalue weighted by atomic mass is 9.97. The molecular formula is C44H50N6. The molecule has 0 fully saturated rings. The summed E-state index contributed by atoms with van der Waals surface area (Å²) >= 11 is 0. The van der Waals surface area contributed by atoms with E-state index in [2.05, 4.69) is 127 Å². The largest absolute Gasteiger partial charge is 0.308 e. The first-order valence-corrected chi connectivity index (χ1v) is 17.7. The zero-order valence-electron chi connectivity index (χ0n) is 30.7. The van der Waals surface area contributed by atoms with E-state index in [9.17, 15) is 0 Å². The molecule has 6 heterocycles. The minimum absolute atomic E-state index is 0.500. The third kappa shape index (κ3) is 8.67. The Balaban J connectivity index is 0.000000130. The fourth-order valence-corrected chi connectivity index (χ4v) is 6.22. The second-order valence-electron chi connectivity index (χ2n) is 13.9. The van der Waals surface area contributed by atoms with Crippen molar-refractivity contribution in [1.29, 1.82) is 0 Å². The van der Waals surface area contributed by atoms with Crippen LogP contribution in [0.4, 0.5) is 0 Å². The normalized spacial score (nSPS) is 11.8. The van der Waals surface area contributed by atoms with Gasteiger partial charge in [0.25, 0.3) is 0 Å². The molecule has 0 amide bonds. The molecule has 0 saturated carbocycles. The van der Waals surface area contributed by atoms with Crippen molar-refractivity contribution in [2.45, 2.75) is 85.5 Å². The van der Waals surface area contributed by atoms with Crippen LogP contribution >= 0.6 is 0 Å². The summed E-state index contributed by atoms with van der Waals surface area (Å²) in [7, 11) is 0. The topological polar surface area (TPSA) is 68.9 Å². The van der Waals surface area contributed by atoms with Gasteiger partial charge in [-0.2, -0.15) is 0 Å². The molecule has 0 N–H and O–H groups in total. The molecule has 0 aliphatic heterocycles. The predicted octanol–water partition coefficient (Wildman–Crippen LogP) is 11.3. The van der Waals surface area contributed by atoms with E-state index < -0.39 is 0 Å². The van der Waals surface area contributed by atoms with Gasteiger partial charge in [-0.1, -0.05) is 97.9 Å². The number of hydrogen-bond donors (Lipinski definition) is 0. The molecule has 0 radical (unpaired) electrons.